The van der Waals surface area contributed by atoms with Crippen molar-refractivity contribution in [3.05, 3.63) is 12.2 Å². The van der Waals surface area contributed by atoms with Crippen LogP contribution in [0.5, 0.6) is 0 Å². The van der Waals surface area contributed by atoms with E-state index in [0.717, 1.165) is 13.1 Å². The number of rotatable bonds is 7. The summed E-state index contributed by atoms with van der Waals surface area (Å²) in [5.41, 5.74) is 0. The first-order valence-electron chi connectivity index (χ1n) is 5.37. The number of nitrogens with zero attached hydrogens (tertiary/aromatic N) is 1. The summed E-state index contributed by atoms with van der Waals surface area (Å²) >= 11 is 0. The topological polar surface area (TPSA) is 3.24 Å². The lowest BCUT2D eigenvalue weighted by Crippen LogP contribution is -2.33. The Morgan fingerprint density at radius 3 is 2.46 bits per heavy atom. The average Bonchev–Trinajstić information content (AvgIpc) is 2.10. The zero-order chi connectivity index (χ0) is 10.1. The van der Waals surface area contributed by atoms with Gasteiger partial charge < -0.3 is 4.90 Å². The van der Waals surface area contributed by atoms with Crippen molar-refractivity contribution in [2.45, 2.75) is 46.0 Å². The fraction of sp³-hybridized carbons (Fsp3) is 0.818. The van der Waals surface area contributed by atoms with Crippen molar-refractivity contribution < 1.29 is 0 Å². The highest BCUT2D eigenvalue weighted by atomic mass is 15.1. The highest BCUT2D eigenvalue weighted by Crippen LogP contribution is 1.97. The maximum atomic E-state index is 5.78. The third-order valence-corrected chi connectivity index (χ3v) is 2.21. The molecule has 0 aliphatic heterocycles. The maximum Gasteiger partial charge on any atom is 0.0906 e. The van der Waals surface area contributed by atoms with Crippen LogP contribution < -0.4 is 0 Å². The zero-order valence-corrected chi connectivity index (χ0v) is 9.29. The highest BCUT2D eigenvalue weighted by Gasteiger charge is 2.02. The first kappa shape index (κ1) is 12.8. The predicted molar refractivity (Wildman–Crippen MR) is 61.1 cm³/mol. The third-order valence-electron chi connectivity index (χ3n) is 2.21. The Kier molecular flexibility index (Phi) is 8.22. The van der Waals surface area contributed by atoms with Gasteiger partial charge in [0.05, 0.1) is 7.85 Å². The first-order chi connectivity index (χ1) is 6.22. The molecular formula is C11H22BN. The van der Waals surface area contributed by atoms with Crippen molar-refractivity contribution in [2.24, 2.45) is 0 Å². The van der Waals surface area contributed by atoms with Crippen molar-refractivity contribution in [1.29, 1.82) is 0 Å². The lowest BCUT2D eigenvalue weighted by molar-refractivity contribution is 0.306. The molecule has 0 aliphatic carbocycles. The number of hydrogen-bond donors (Lipinski definition) is 0. The second kappa shape index (κ2) is 8.37. The standard InChI is InChI=1S/C11H22BN/c1-4-6-7-8-9-10-13(5-2)11(3)12/h8-9,11H,4-7,10H2,1-3H3/b9-8-. The Morgan fingerprint density at radius 1 is 1.31 bits per heavy atom. The molecule has 13 heavy (non-hydrogen) atoms. The summed E-state index contributed by atoms with van der Waals surface area (Å²) in [7, 11) is 5.78. The minimum Gasteiger partial charge on any atom is -0.306 e. The SMILES string of the molecule is [B]C(C)N(CC)C/C=C\CCCC. The molecule has 2 heteroatoms. The Labute approximate surface area is 84.6 Å². The van der Waals surface area contributed by atoms with Crippen LogP contribution in [0.1, 0.15) is 40.0 Å². The Morgan fingerprint density at radius 2 is 2.00 bits per heavy atom. The van der Waals surface area contributed by atoms with Crippen molar-refractivity contribution >= 4 is 7.85 Å². The second-order valence-corrected chi connectivity index (χ2v) is 3.44. The molecule has 0 amide bonds. The largest absolute Gasteiger partial charge is 0.306 e. The Balaban J connectivity index is 3.53. The van der Waals surface area contributed by atoms with Crippen LogP contribution in [0.15, 0.2) is 12.2 Å². The second-order valence-electron chi connectivity index (χ2n) is 3.44. The first-order valence-corrected chi connectivity index (χ1v) is 5.37. The summed E-state index contributed by atoms with van der Waals surface area (Å²) in [5, 5.41) is 0. The van der Waals surface area contributed by atoms with E-state index in [1.54, 1.807) is 0 Å². The summed E-state index contributed by atoms with van der Waals surface area (Å²) in [5.74, 6) is 0.167. The van der Waals surface area contributed by atoms with Gasteiger partial charge in [0, 0.05) is 6.54 Å². The van der Waals surface area contributed by atoms with Gasteiger partial charge in [-0.2, -0.15) is 0 Å². The number of unbranched alkanes of at least 4 members (excludes halogenated alkanes) is 2. The van der Waals surface area contributed by atoms with Gasteiger partial charge in [-0.3, -0.25) is 0 Å². The van der Waals surface area contributed by atoms with E-state index in [0.29, 0.717) is 0 Å². The molecule has 74 valence electrons. The van der Waals surface area contributed by atoms with Crippen LogP contribution >= 0.6 is 0 Å². The van der Waals surface area contributed by atoms with Gasteiger partial charge in [-0.25, -0.2) is 0 Å². The third kappa shape index (κ3) is 6.88. The Bertz CT molecular complexity index is 132. The molecule has 0 aromatic carbocycles. The van der Waals surface area contributed by atoms with E-state index < -0.39 is 0 Å². The molecule has 0 N–H and O–H groups in total. The zero-order valence-electron chi connectivity index (χ0n) is 9.29. The molecule has 0 bridgehead atoms. The number of likely N-dealkylation sites (N-methyl/N-ethyl adjacent to an activating group) is 1. The average molecular weight is 179 g/mol. The molecule has 0 aliphatic rings. The maximum absolute atomic E-state index is 5.78. The van der Waals surface area contributed by atoms with Crippen molar-refractivity contribution in [1.82, 2.24) is 4.90 Å². The molecule has 1 nitrogen and oxygen atoms in total. The van der Waals surface area contributed by atoms with Crippen LogP contribution in [-0.2, 0) is 0 Å². The van der Waals surface area contributed by atoms with Crippen LogP contribution in [-0.4, -0.2) is 31.8 Å². The molecule has 0 fully saturated rings. The van der Waals surface area contributed by atoms with E-state index in [-0.39, 0.29) is 5.94 Å². The lowest BCUT2D eigenvalue weighted by Gasteiger charge is -2.23. The van der Waals surface area contributed by atoms with Crippen LogP contribution in [0, 0.1) is 0 Å². The van der Waals surface area contributed by atoms with E-state index >= 15 is 0 Å². The van der Waals surface area contributed by atoms with E-state index in [1.807, 2.05) is 6.92 Å². The van der Waals surface area contributed by atoms with Gasteiger partial charge in [-0.15, -0.1) is 0 Å². The smallest absolute Gasteiger partial charge is 0.0906 e. The van der Waals surface area contributed by atoms with Gasteiger partial charge in [0.1, 0.15) is 0 Å². The molecule has 0 aromatic rings. The summed E-state index contributed by atoms with van der Waals surface area (Å²) in [6.07, 6.45) is 8.25. The molecule has 1 unspecified atom stereocenters. The van der Waals surface area contributed by atoms with Gasteiger partial charge in [0.2, 0.25) is 0 Å². The number of allylic oxidation sites excluding steroid dienone is 1. The fourth-order valence-corrected chi connectivity index (χ4v) is 1.23. The van der Waals surface area contributed by atoms with Crippen molar-refractivity contribution in [3.63, 3.8) is 0 Å². The minimum atomic E-state index is 0.167. The molecule has 0 saturated heterocycles. The van der Waals surface area contributed by atoms with E-state index in [1.165, 1.54) is 19.3 Å². The number of hydrogen-bond acceptors (Lipinski definition) is 1. The van der Waals surface area contributed by atoms with Crippen LogP contribution in [0.4, 0.5) is 0 Å². The van der Waals surface area contributed by atoms with E-state index in [4.69, 9.17) is 7.85 Å². The summed E-state index contributed by atoms with van der Waals surface area (Å²) in [6.45, 7) is 8.40. The molecule has 1 atom stereocenters. The molecule has 0 spiro atoms. The predicted octanol–water partition coefficient (Wildman–Crippen LogP) is 2.57. The van der Waals surface area contributed by atoms with Gasteiger partial charge in [0.15, 0.2) is 0 Å². The van der Waals surface area contributed by atoms with Crippen molar-refractivity contribution in [3.8, 4) is 0 Å². The van der Waals surface area contributed by atoms with E-state index in [9.17, 15) is 0 Å². The van der Waals surface area contributed by atoms with Gasteiger partial charge >= 0.3 is 0 Å². The van der Waals surface area contributed by atoms with Gasteiger partial charge in [0.25, 0.3) is 0 Å². The molecule has 0 aromatic heterocycles. The summed E-state index contributed by atoms with van der Waals surface area (Å²) < 4.78 is 0. The van der Waals surface area contributed by atoms with Gasteiger partial charge in [-0.1, -0.05) is 45.8 Å². The van der Waals surface area contributed by atoms with Crippen LogP contribution in [0.25, 0.3) is 0 Å². The lowest BCUT2D eigenvalue weighted by atomic mass is 9.97. The normalized spacial score (nSPS) is 14.2. The van der Waals surface area contributed by atoms with Crippen molar-refractivity contribution in [2.75, 3.05) is 13.1 Å². The van der Waals surface area contributed by atoms with Crippen LogP contribution in [0.3, 0.4) is 0 Å². The van der Waals surface area contributed by atoms with Crippen LogP contribution in [0.2, 0.25) is 0 Å². The van der Waals surface area contributed by atoms with Gasteiger partial charge in [-0.05, 0) is 18.9 Å². The minimum absolute atomic E-state index is 0.167. The molecule has 0 saturated carbocycles. The fourth-order valence-electron chi connectivity index (χ4n) is 1.23. The highest BCUT2D eigenvalue weighted by molar-refractivity contribution is 6.11. The monoisotopic (exact) mass is 179 g/mol. The molecule has 0 rings (SSSR count). The summed E-state index contributed by atoms with van der Waals surface area (Å²) in [4.78, 5) is 2.24. The Hall–Kier alpha value is -0.235. The molecule has 2 radical (unpaired) electrons. The quantitative estimate of drug-likeness (QED) is 0.330. The van der Waals surface area contributed by atoms with E-state index in [2.05, 4.69) is 30.9 Å². The summed E-state index contributed by atoms with van der Waals surface area (Å²) in [6, 6.07) is 0. The molecule has 0 heterocycles. The molecular weight excluding hydrogens is 157 g/mol.